The Morgan fingerprint density at radius 3 is 2.52 bits per heavy atom. The van der Waals surface area contributed by atoms with E-state index < -0.39 is 11.6 Å². The van der Waals surface area contributed by atoms with Gasteiger partial charge in [-0.15, -0.1) is 0 Å². The number of amides is 1. The molecule has 6 fully saturated rings. The molecule has 124 valence electrons. The summed E-state index contributed by atoms with van der Waals surface area (Å²) >= 11 is 0. The molecule has 0 aromatic carbocycles. The normalized spacial score (nSPS) is 53.8. The van der Waals surface area contributed by atoms with Gasteiger partial charge in [0, 0.05) is 12.5 Å². The molecule has 5 saturated carbocycles. The van der Waals surface area contributed by atoms with Gasteiger partial charge in [-0.1, -0.05) is 0 Å². The largest absolute Gasteiger partial charge is 0.390 e. The number of carbonyl (C=O) groups is 1. The lowest BCUT2D eigenvalue weighted by Crippen LogP contribution is -2.64. The standard InChI is InChI=1S/C18H25N3O2/c1-20-14-4-12-3-13(12)21(14)16(22)15(19)17-5-10-2-11(6-17)8-18(23,7-10)9-17/h10-15,23H,2-9,19H2/t10?,11?,12-,13-,14-,15?,17?,18?/m0/s1. The molecule has 1 saturated heterocycles. The van der Waals surface area contributed by atoms with Gasteiger partial charge in [0.15, 0.2) is 0 Å². The van der Waals surface area contributed by atoms with Crippen molar-refractivity contribution in [2.75, 3.05) is 0 Å². The predicted molar refractivity (Wildman–Crippen MR) is 83.8 cm³/mol. The van der Waals surface area contributed by atoms with Gasteiger partial charge in [0.25, 0.3) is 0 Å². The van der Waals surface area contributed by atoms with E-state index in [-0.39, 0.29) is 23.5 Å². The van der Waals surface area contributed by atoms with Gasteiger partial charge in [-0.05, 0) is 68.1 Å². The van der Waals surface area contributed by atoms with E-state index in [0.29, 0.717) is 24.2 Å². The summed E-state index contributed by atoms with van der Waals surface area (Å²) in [5.74, 6) is 1.58. The van der Waals surface area contributed by atoms with Gasteiger partial charge >= 0.3 is 6.17 Å². The van der Waals surface area contributed by atoms with Gasteiger partial charge in [0.05, 0.1) is 11.6 Å². The number of rotatable bonds is 2. The lowest BCUT2D eigenvalue weighted by Gasteiger charge is -2.61. The number of carbonyl (C=O) groups excluding carboxylic acids is 1. The quantitative estimate of drug-likeness (QED) is 0.759. The summed E-state index contributed by atoms with van der Waals surface area (Å²) in [6, 6.07) is -0.270. The third kappa shape index (κ3) is 1.88. The van der Waals surface area contributed by atoms with Crippen LogP contribution in [-0.4, -0.2) is 39.8 Å². The second kappa shape index (κ2) is 4.29. The second-order valence-electron chi connectivity index (χ2n) is 9.18. The van der Waals surface area contributed by atoms with Crippen LogP contribution in [0.4, 0.5) is 0 Å². The van der Waals surface area contributed by atoms with Crippen LogP contribution in [0.3, 0.4) is 0 Å². The SMILES string of the molecule is [C-]#[N+][C@@H]1C[C@@H]2C[C@@H]2N1C(=O)C(N)C12CC3CC(CC(O)(C3)C1)C2. The number of fused-ring (bicyclic) bond motifs is 1. The van der Waals surface area contributed by atoms with E-state index in [2.05, 4.69) is 4.85 Å². The monoisotopic (exact) mass is 315 g/mol. The average Bonchev–Trinajstić information content (AvgIpc) is 3.14. The maximum absolute atomic E-state index is 13.1. The summed E-state index contributed by atoms with van der Waals surface area (Å²) in [5.41, 5.74) is 5.73. The number of nitrogens with two attached hydrogens (primary N) is 1. The van der Waals surface area contributed by atoms with Crippen molar-refractivity contribution in [1.29, 1.82) is 0 Å². The van der Waals surface area contributed by atoms with Crippen molar-refractivity contribution >= 4 is 5.91 Å². The van der Waals surface area contributed by atoms with Crippen LogP contribution in [0.25, 0.3) is 4.85 Å². The van der Waals surface area contributed by atoms with Crippen LogP contribution in [0.5, 0.6) is 0 Å². The third-order valence-electron chi connectivity index (χ3n) is 7.48. The maximum atomic E-state index is 13.1. The number of hydrogen-bond acceptors (Lipinski definition) is 3. The predicted octanol–water partition coefficient (Wildman–Crippen LogP) is 1.51. The smallest absolute Gasteiger partial charge is 0.301 e. The highest BCUT2D eigenvalue weighted by Gasteiger charge is 2.63. The maximum Gasteiger partial charge on any atom is 0.301 e. The minimum atomic E-state index is -0.589. The van der Waals surface area contributed by atoms with Crippen LogP contribution in [-0.2, 0) is 4.79 Å². The van der Waals surface area contributed by atoms with Crippen LogP contribution < -0.4 is 5.73 Å². The molecular formula is C18H25N3O2. The van der Waals surface area contributed by atoms with E-state index in [1.54, 1.807) is 0 Å². The number of piperidine rings is 1. The van der Waals surface area contributed by atoms with Gasteiger partial charge in [-0.25, -0.2) is 6.57 Å². The number of nitrogens with zero attached hydrogens (tertiary/aromatic N) is 2. The van der Waals surface area contributed by atoms with E-state index in [9.17, 15) is 9.90 Å². The fraction of sp³-hybridized carbons (Fsp3) is 0.889. The van der Waals surface area contributed by atoms with Gasteiger partial charge in [-0.3, -0.25) is 14.5 Å². The molecule has 6 rings (SSSR count). The van der Waals surface area contributed by atoms with E-state index in [1.807, 2.05) is 4.90 Å². The summed E-state index contributed by atoms with van der Waals surface area (Å²) in [5, 5.41) is 10.9. The third-order valence-corrected chi connectivity index (χ3v) is 7.48. The molecule has 4 bridgehead atoms. The molecule has 6 atom stereocenters. The highest BCUT2D eigenvalue weighted by molar-refractivity contribution is 5.84. The molecule has 3 unspecified atom stereocenters. The Kier molecular flexibility index (Phi) is 2.65. The first kappa shape index (κ1) is 14.2. The zero-order valence-electron chi connectivity index (χ0n) is 13.4. The number of aliphatic hydroxyl groups is 1. The molecule has 0 aromatic heterocycles. The Hall–Kier alpha value is -1.12. The lowest BCUT2D eigenvalue weighted by atomic mass is 9.46. The molecular weight excluding hydrogens is 290 g/mol. The molecule has 23 heavy (non-hydrogen) atoms. The molecule has 1 heterocycles. The van der Waals surface area contributed by atoms with Crippen molar-refractivity contribution in [3.05, 3.63) is 11.4 Å². The summed E-state index contributed by atoms with van der Waals surface area (Å²) in [4.78, 5) is 18.6. The lowest BCUT2D eigenvalue weighted by molar-refractivity contribution is -0.177. The zero-order valence-corrected chi connectivity index (χ0v) is 13.4. The summed E-state index contributed by atoms with van der Waals surface area (Å²) in [7, 11) is 0. The first-order valence-corrected chi connectivity index (χ1v) is 9.10. The van der Waals surface area contributed by atoms with Crippen molar-refractivity contribution in [2.45, 2.75) is 75.2 Å². The molecule has 3 N–H and O–H groups in total. The molecule has 0 aromatic rings. The van der Waals surface area contributed by atoms with Gasteiger partial charge < -0.3 is 10.8 Å². The first-order valence-electron chi connectivity index (χ1n) is 9.10. The minimum absolute atomic E-state index is 0.0125. The average molecular weight is 315 g/mol. The highest BCUT2D eigenvalue weighted by Crippen LogP contribution is 2.63. The van der Waals surface area contributed by atoms with E-state index in [0.717, 1.165) is 38.5 Å². The van der Waals surface area contributed by atoms with Crippen molar-refractivity contribution in [1.82, 2.24) is 4.90 Å². The molecule has 1 amide bonds. The van der Waals surface area contributed by atoms with Crippen molar-refractivity contribution in [3.63, 3.8) is 0 Å². The van der Waals surface area contributed by atoms with E-state index in [1.165, 1.54) is 6.42 Å². The summed E-state index contributed by atoms with van der Waals surface area (Å²) in [6.45, 7) is 7.38. The Morgan fingerprint density at radius 1 is 1.22 bits per heavy atom. The molecule has 6 aliphatic rings. The van der Waals surface area contributed by atoms with Crippen molar-refractivity contribution < 1.29 is 9.90 Å². The van der Waals surface area contributed by atoms with E-state index >= 15 is 0 Å². The van der Waals surface area contributed by atoms with Gasteiger partial charge in [0.2, 0.25) is 5.91 Å². The Balaban J connectivity index is 1.43. The van der Waals surface area contributed by atoms with Gasteiger partial charge in [0.1, 0.15) is 0 Å². The Labute approximate surface area is 137 Å². The molecule has 5 heteroatoms. The van der Waals surface area contributed by atoms with E-state index in [4.69, 9.17) is 12.3 Å². The molecule has 5 aliphatic carbocycles. The highest BCUT2D eigenvalue weighted by atomic mass is 16.3. The Bertz CT molecular complexity index is 598. The van der Waals surface area contributed by atoms with Crippen LogP contribution in [0, 0.1) is 29.7 Å². The number of likely N-dealkylation sites (tertiary alicyclic amines) is 1. The van der Waals surface area contributed by atoms with Crippen molar-refractivity contribution in [3.8, 4) is 0 Å². The fourth-order valence-electron chi connectivity index (χ4n) is 6.93. The molecule has 0 spiro atoms. The van der Waals surface area contributed by atoms with Gasteiger partial charge in [-0.2, -0.15) is 0 Å². The van der Waals surface area contributed by atoms with Crippen molar-refractivity contribution in [2.24, 2.45) is 28.9 Å². The van der Waals surface area contributed by atoms with Crippen LogP contribution in [0.2, 0.25) is 0 Å². The van der Waals surface area contributed by atoms with Crippen LogP contribution in [0.15, 0.2) is 0 Å². The molecule has 5 nitrogen and oxygen atoms in total. The van der Waals surface area contributed by atoms with Crippen LogP contribution >= 0.6 is 0 Å². The summed E-state index contributed by atoms with van der Waals surface area (Å²) in [6.07, 6.45) is 7.23. The molecule has 1 aliphatic heterocycles. The summed E-state index contributed by atoms with van der Waals surface area (Å²) < 4.78 is 0. The van der Waals surface area contributed by atoms with Crippen LogP contribution in [0.1, 0.15) is 51.4 Å². The Morgan fingerprint density at radius 2 is 1.91 bits per heavy atom. The minimum Gasteiger partial charge on any atom is -0.390 e. The molecule has 0 radical (unpaired) electrons. The zero-order chi connectivity index (χ0) is 16.0. The topological polar surface area (TPSA) is 70.9 Å². The second-order valence-corrected chi connectivity index (χ2v) is 9.18. The fourth-order valence-corrected chi connectivity index (χ4v) is 6.93. The first-order chi connectivity index (χ1) is 10.9. The number of hydrogen-bond donors (Lipinski definition) is 2.